The maximum Gasteiger partial charge on any atom is 0.325 e. The number of aryl methyl sites for hydroxylation is 1. The predicted molar refractivity (Wildman–Crippen MR) is 79.7 cm³/mol. The molecular weight excluding hydrogens is 272 g/mol. The number of esters is 1. The zero-order valence-corrected chi connectivity index (χ0v) is 13.5. The maximum absolute atomic E-state index is 11.7. The first kappa shape index (κ1) is 16.9. The molecular formula is C13H24N6O2. The average Bonchev–Trinajstić information content (AvgIpc) is 2.73. The quantitative estimate of drug-likeness (QED) is 0.484. The SMILES string of the molecule is CN=C(NCC(=O)OC(C)(C)C)N(C)Cc1ncnn1C. The van der Waals surface area contributed by atoms with E-state index in [4.69, 9.17) is 4.74 Å². The van der Waals surface area contributed by atoms with Gasteiger partial charge in [0.15, 0.2) is 5.96 Å². The van der Waals surface area contributed by atoms with E-state index >= 15 is 0 Å². The van der Waals surface area contributed by atoms with Crippen molar-refractivity contribution in [1.82, 2.24) is 25.0 Å². The number of nitrogens with zero attached hydrogens (tertiary/aromatic N) is 5. The number of carbonyl (C=O) groups excluding carboxylic acids is 1. The van der Waals surface area contributed by atoms with Gasteiger partial charge in [0, 0.05) is 21.1 Å². The molecule has 0 aliphatic carbocycles. The molecule has 0 unspecified atom stereocenters. The minimum absolute atomic E-state index is 0.0626. The van der Waals surface area contributed by atoms with Gasteiger partial charge >= 0.3 is 5.97 Å². The van der Waals surface area contributed by atoms with Crippen LogP contribution in [0.15, 0.2) is 11.3 Å². The van der Waals surface area contributed by atoms with E-state index < -0.39 is 5.60 Å². The van der Waals surface area contributed by atoms with Crippen LogP contribution >= 0.6 is 0 Å². The second kappa shape index (κ2) is 7.05. The first-order valence-electron chi connectivity index (χ1n) is 6.69. The number of nitrogens with one attached hydrogen (secondary N) is 1. The summed E-state index contributed by atoms with van der Waals surface area (Å²) in [4.78, 5) is 21.8. The molecule has 0 saturated carbocycles. The van der Waals surface area contributed by atoms with Gasteiger partial charge in [0.2, 0.25) is 0 Å². The number of rotatable bonds is 4. The Morgan fingerprint density at radius 3 is 2.67 bits per heavy atom. The lowest BCUT2D eigenvalue weighted by Gasteiger charge is -2.23. The zero-order valence-electron chi connectivity index (χ0n) is 13.5. The van der Waals surface area contributed by atoms with Crippen molar-refractivity contribution in [3.8, 4) is 0 Å². The Kier molecular flexibility index (Phi) is 5.69. The van der Waals surface area contributed by atoms with E-state index in [0.29, 0.717) is 12.5 Å². The van der Waals surface area contributed by atoms with Gasteiger partial charge in [0.1, 0.15) is 24.3 Å². The van der Waals surface area contributed by atoms with Crippen molar-refractivity contribution in [3.05, 3.63) is 12.2 Å². The lowest BCUT2D eigenvalue weighted by molar-refractivity contribution is -0.153. The van der Waals surface area contributed by atoms with Crippen molar-refractivity contribution < 1.29 is 9.53 Å². The molecule has 0 radical (unpaired) electrons. The van der Waals surface area contributed by atoms with Crippen LogP contribution in [-0.2, 0) is 23.1 Å². The normalized spacial score (nSPS) is 12.2. The molecule has 0 aliphatic rings. The van der Waals surface area contributed by atoms with Crippen LogP contribution in [0.25, 0.3) is 0 Å². The molecule has 8 heteroatoms. The summed E-state index contributed by atoms with van der Waals surface area (Å²) < 4.78 is 6.93. The smallest absolute Gasteiger partial charge is 0.325 e. The van der Waals surface area contributed by atoms with E-state index in [1.807, 2.05) is 39.8 Å². The fraction of sp³-hybridized carbons (Fsp3) is 0.692. The number of guanidine groups is 1. The largest absolute Gasteiger partial charge is 0.459 e. The highest BCUT2D eigenvalue weighted by atomic mass is 16.6. The maximum atomic E-state index is 11.7. The molecule has 1 aromatic heterocycles. The number of hydrogen-bond donors (Lipinski definition) is 1. The summed E-state index contributed by atoms with van der Waals surface area (Å²) in [5.74, 6) is 1.07. The molecule has 1 heterocycles. The van der Waals surface area contributed by atoms with Crippen molar-refractivity contribution in [1.29, 1.82) is 0 Å². The fourth-order valence-corrected chi connectivity index (χ4v) is 1.66. The van der Waals surface area contributed by atoms with Crippen LogP contribution in [0.2, 0.25) is 0 Å². The molecule has 8 nitrogen and oxygen atoms in total. The Morgan fingerprint density at radius 2 is 2.19 bits per heavy atom. The third-order valence-corrected chi connectivity index (χ3v) is 2.57. The van der Waals surface area contributed by atoms with Crippen molar-refractivity contribution in [3.63, 3.8) is 0 Å². The van der Waals surface area contributed by atoms with Crippen LogP contribution < -0.4 is 5.32 Å². The predicted octanol–water partition coefficient (Wildman–Crippen LogP) is 0.164. The lowest BCUT2D eigenvalue weighted by Crippen LogP contribution is -2.42. The zero-order chi connectivity index (χ0) is 16.0. The van der Waals surface area contributed by atoms with Gasteiger partial charge in [-0.05, 0) is 20.8 Å². The Morgan fingerprint density at radius 1 is 1.52 bits per heavy atom. The monoisotopic (exact) mass is 296 g/mol. The lowest BCUT2D eigenvalue weighted by atomic mass is 10.2. The van der Waals surface area contributed by atoms with Gasteiger partial charge in [-0.1, -0.05) is 0 Å². The van der Waals surface area contributed by atoms with Crippen molar-refractivity contribution in [2.24, 2.45) is 12.0 Å². The minimum atomic E-state index is -0.493. The molecule has 0 spiro atoms. The Hall–Kier alpha value is -2.12. The van der Waals surface area contributed by atoms with E-state index in [1.165, 1.54) is 6.33 Å². The van der Waals surface area contributed by atoms with Gasteiger partial charge in [-0.3, -0.25) is 14.5 Å². The van der Waals surface area contributed by atoms with E-state index in [0.717, 1.165) is 5.82 Å². The first-order valence-corrected chi connectivity index (χ1v) is 6.69. The van der Waals surface area contributed by atoms with Gasteiger partial charge in [0.05, 0.1) is 6.54 Å². The minimum Gasteiger partial charge on any atom is -0.459 e. The molecule has 21 heavy (non-hydrogen) atoms. The summed E-state index contributed by atoms with van der Waals surface area (Å²) in [6.07, 6.45) is 1.50. The van der Waals surface area contributed by atoms with Crippen molar-refractivity contribution in [2.75, 3.05) is 20.6 Å². The van der Waals surface area contributed by atoms with Crippen molar-refractivity contribution in [2.45, 2.75) is 32.9 Å². The van der Waals surface area contributed by atoms with E-state index in [9.17, 15) is 4.79 Å². The fourth-order valence-electron chi connectivity index (χ4n) is 1.66. The summed E-state index contributed by atoms with van der Waals surface area (Å²) in [5, 5.41) is 6.98. The highest BCUT2D eigenvalue weighted by Crippen LogP contribution is 2.06. The highest BCUT2D eigenvalue weighted by Gasteiger charge is 2.17. The molecule has 118 valence electrons. The number of carbonyl (C=O) groups is 1. The van der Waals surface area contributed by atoms with Crippen LogP contribution in [0.1, 0.15) is 26.6 Å². The van der Waals surface area contributed by atoms with Gasteiger partial charge in [-0.15, -0.1) is 0 Å². The molecule has 0 aliphatic heterocycles. The second-order valence-corrected chi connectivity index (χ2v) is 5.64. The Bertz CT molecular complexity index is 503. The topological polar surface area (TPSA) is 84.6 Å². The molecule has 0 fully saturated rings. The van der Waals surface area contributed by atoms with E-state index in [1.54, 1.807) is 11.7 Å². The van der Waals surface area contributed by atoms with Crippen LogP contribution in [0.4, 0.5) is 0 Å². The number of aliphatic imine (C=N–C) groups is 1. The van der Waals surface area contributed by atoms with E-state index in [2.05, 4.69) is 20.4 Å². The van der Waals surface area contributed by atoms with Gasteiger partial charge in [-0.2, -0.15) is 5.10 Å². The third kappa shape index (κ3) is 5.80. The highest BCUT2D eigenvalue weighted by molar-refractivity contribution is 5.84. The van der Waals surface area contributed by atoms with Gasteiger partial charge < -0.3 is 15.0 Å². The van der Waals surface area contributed by atoms with Crippen LogP contribution in [0.5, 0.6) is 0 Å². The molecule has 1 aromatic rings. The van der Waals surface area contributed by atoms with Crippen LogP contribution in [0.3, 0.4) is 0 Å². The van der Waals surface area contributed by atoms with Crippen LogP contribution in [-0.4, -0.2) is 57.8 Å². The standard InChI is InChI=1S/C13H24N6O2/c1-13(2,3)21-11(20)7-15-12(14-4)18(5)8-10-16-9-17-19(10)6/h9H,7-8H2,1-6H3,(H,14,15). The summed E-state index contributed by atoms with van der Waals surface area (Å²) >= 11 is 0. The number of ether oxygens (including phenoxy) is 1. The first-order chi connectivity index (χ1) is 9.73. The van der Waals surface area contributed by atoms with Crippen LogP contribution in [0, 0.1) is 0 Å². The number of hydrogen-bond acceptors (Lipinski definition) is 5. The Balaban J connectivity index is 2.52. The third-order valence-electron chi connectivity index (χ3n) is 2.57. The summed E-state index contributed by atoms with van der Waals surface area (Å²) in [6.45, 7) is 6.09. The molecule has 0 aromatic carbocycles. The summed E-state index contributed by atoms with van der Waals surface area (Å²) in [6, 6.07) is 0. The summed E-state index contributed by atoms with van der Waals surface area (Å²) in [5.41, 5.74) is -0.493. The molecule has 1 N–H and O–H groups in total. The molecule has 0 bridgehead atoms. The molecule has 0 saturated heterocycles. The molecule has 0 amide bonds. The van der Waals surface area contributed by atoms with E-state index in [-0.39, 0.29) is 12.5 Å². The Labute approximate surface area is 125 Å². The van der Waals surface area contributed by atoms with Crippen molar-refractivity contribution >= 4 is 11.9 Å². The van der Waals surface area contributed by atoms with Gasteiger partial charge in [0.25, 0.3) is 0 Å². The van der Waals surface area contributed by atoms with Gasteiger partial charge in [-0.25, -0.2) is 4.98 Å². The molecule has 1 rings (SSSR count). The average molecular weight is 296 g/mol. The second-order valence-electron chi connectivity index (χ2n) is 5.64. The summed E-state index contributed by atoms with van der Waals surface area (Å²) in [7, 11) is 5.34. The molecule has 0 atom stereocenters. The number of aromatic nitrogens is 3.